The molecule has 0 bridgehead atoms. The number of carbonyl (C=O) groups excluding carboxylic acids is 2. The fraction of sp³-hybridized carbons (Fsp3) is 0.500. The number of carbonyl (C=O) groups is 2. The van der Waals surface area contributed by atoms with Crippen LogP contribution in [-0.4, -0.2) is 48.8 Å². The molecule has 1 atom stereocenters. The summed E-state index contributed by atoms with van der Waals surface area (Å²) in [6.07, 6.45) is 12.1. The van der Waals surface area contributed by atoms with Crippen molar-refractivity contribution in [3.8, 4) is 0 Å². The van der Waals surface area contributed by atoms with Gasteiger partial charge in [-0.15, -0.1) is 0 Å². The number of likely N-dealkylation sites (tertiary alicyclic amines) is 1. The van der Waals surface area contributed by atoms with Crippen LogP contribution in [0.3, 0.4) is 0 Å². The number of halogens is 1. The van der Waals surface area contributed by atoms with Crippen molar-refractivity contribution in [1.82, 2.24) is 4.90 Å². The molecule has 1 amide bonds. The Balaban J connectivity index is 1.88. The number of aryl methyl sites for hydroxylation is 2. The molecule has 0 aliphatic carbocycles. The van der Waals surface area contributed by atoms with Crippen LogP contribution < -0.4 is 0 Å². The Bertz CT molecular complexity index is 962. The number of ether oxygens (including phenoxy) is 1. The van der Waals surface area contributed by atoms with Gasteiger partial charge in [0, 0.05) is 24.5 Å². The van der Waals surface area contributed by atoms with E-state index in [0.717, 1.165) is 49.9 Å². The summed E-state index contributed by atoms with van der Waals surface area (Å²) >= 11 is 6.65. The van der Waals surface area contributed by atoms with Gasteiger partial charge in [0.1, 0.15) is 6.61 Å². The molecular weight excluding hydrogens is 440 g/mol. The first-order valence-electron chi connectivity index (χ1n) is 11.6. The molecule has 1 saturated heterocycles. The molecule has 0 spiro atoms. The molecule has 7 heteroatoms. The van der Waals surface area contributed by atoms with Crippen molar-refractivity contribution in [1.29, 1.82) is 0 Å². The maximum absolute atomic E-state index is 12.9. The highest BCUT2D eigenvalue weighted by Crippen LogP contribution is 2.29. The molecule has 6 nitrogen and oxygen atoms in total. The van der Waals surface area contributed by atoms with Crippen molar-refractivity contribution in [2.45, 2.75) is 52.9 Å². The molecular formula is C26H33ClN2O4. The number of esters is 1. The van der Waals surface area contributed by atoms with E-state index in [0.29, 0.717) is 28.3 Å². The summed E-state index contributed by atoms with van der Waals surface area (Å²) in [5.41, 5.74) is 3.39. The van der Waals surface area contributed by atoms with Crippen molar-refractivity contribution >= 4 is 29.2 Å². The minimum atomic E-state index is -0.412. The predicted octanol–water partition coefficient (Wildman–Crippen LogP) is 5.19. The largest absolute Gasteiger partial charge is 0.458 e. The fourth-order valence-electron chi connectivity index (χ4n) is 4.19. The molecule has 1 unspecified atom stereocenters. The van der Waals surface area contributed by atoms with E-state index in [1.165, 1.54) is 0 Å². The van der Waals surface area contributed by atoms with Crippen molar-refractivity contribution in [3.63, 3.8) is 0 Å². The van der Waals surface area contributed by atoms with Gasteiger partial charge in [0.25, 0.3) is 5.91 Å². The Hall–Kier alpha value is -2.60. The second-order valence-corrected chi connectivity index (χ2v) is 9.17. The molecule has 2 heterocycles. The highest BCUT2D eigenvalue weighted by atomic mass is 35.5. The van der Waals surface area contributed by atoms with E-state index in [-0.39, 0.29) is 25.0 Å². The molecule has 1 aromatic carbocycles. The number of nitrogens with zero attached hydrogens (tertiary/aromatic N) is 2. The number of fused-ring (bicyclic) bond motifs is 1. The van der Waals surface area contributed by atoms with E-state index in [2.05, 4.69) is 12.1 Å². The molecule has 2 aliphatic heterocycles. The number of oxime groups is 1. The number of cyclic esters (lactones) is 1. The first-order valence-corrected chi connectivity index (χ1v) is 12.0. The van der Waals surface area contributed by atoms with Crippen molar-refractivity contribution in [3.05, 3.63) is 57.6 Å². The van der Waals surface area contributed by atoms with Crippen LogP contribution in [0.1, 0.15) is 59.7 Å². The summed E-state index contributed by atoms with van der Waals surface area (Å²) in [4.78, 5) is 32.6. The van der Waals surface area contributed by atoms with Gasteiger partial charge in [0.05, 0.1) is 11.3 Å². The quantitative estimate of drug-likeness (QED) is 0.344. The highest BCUT2D eigenvalue weighted by Gasteiger charge is 2.22. The molecule has 0 radical (unpaired) electrons. The number of piperidine rings is 1. The third kappa shape index (κ3) is 6.94. The zero-order chi connectivity index (χ0) is 23.8. The molecule has 0 aromatic heterocycles. The predicted molar refractivity (Wildman–Crippen MR) is 131 cm³/mol. The molecule has 33 heavy (non-hydrogen) atoms. The first-order chi connectivity index (χ1) is 15.9. The summed E-state index contributed by atoms with van der Waals surface area (Å²) in [7, 11) is 0. The zero-order valence-corrected chi connectivity index (χ0v) is 20.5. The smallest absolute Gasteiger partial charge is 0.339 e. The lowest BCUT2D eigenvalue weighted by atomic mass is 9.94. The maximum Gasteiger partial charge on any atom is 0.339 e. The highest BCUT2D eigenvalue weighted by molar-refractivity contribution is 6.33. The molecule has 0 N–H and O–H groups in total. The van der Waals surface area contributed by atoms with Crippen LogP contribution in [0.25, 0.3) is 0 Å². The molecule has 3 rings (SSSR count). The average molecular weight is 473 g/mol. The van der Waals surface area contributed by atoms with Gasteiger partial charge in [-0.25, -0.2) is 4.79 Å². The van der Waals surface area contributed by atoms with Gasteiger partial charge < -0.3 is 14.5 Å². The van der Waals surface area contributed by atoms with Crippen LogP contribution in [-0.2, 0) is 20.8 Å². The molecule has 2 aliphatic rings. The SMILES string of the molecule is Cc1cc(C)c2c(c1Cl)CC(=N\OCC(=O)N1CCCCC1)/C=C/CC(C)C=CCOC2=O. The van der Waals surface area contributed by atoms with Crippen LogP contribution in [0.4, 0.5) is 0 Å². The standard InChI is InChI=1S/C26H33ClN2O4/c1-18-9-7-11-21(28-33-17-23(30)29-12-5-4-6-13-29)16-22-24(26(31)32-14-8-10-18)19(2)15-20(3)25(22)27/h7-8,10-11,15,18H,4-6,9,12-14,16-17H2,1-3H3/b10-8?,11-7+,28-21-. The summed E-state index contributed by atoms with van der Waals surface area (Å²) < 4.78 is 5.50. The second kappa shape index (κ2) is 12.0. The normalized spacial score (nSPS) is 21.9. The summed E-state index contributed by atoms with van der Waals surface area (Å²) in [5.74, 6) is -0.191. The Labute approximate surface area is 201 Å². The number of hydrogen-bond acceptors (Lipinski definition) is 5. The monoisotopic (exact) mass is 472 g/mol. The van der Waals surface area contributed by atoms with Gasteiger partial charge in [-0.1, -0.05) is 48.0 Å². The van der Waals surface area contributed by atoms with E-state index >= 15 is 0 Å². The minimum Gasteiger partial charge on any atom is -0.458 e. The fourth-order valence-corrected chi connectivity index (χ4v) is 4.40. The maximum atomic E-state index is 12.9. The Morgan fingerprint density at radius 1 is 1.21 bits per heavy atom. The lowest BCUT2D eigenvalue weighted by Crippen LogP contribution is -2.37. The molecule has 1 fully saturated rings. The van der Waals surface area contributed by atoms with Crippen molar-refractivity contribution < 1.29 is 19.2 Å². The van der Waals surface area contributed by atoms with Gasteiger partial charge in [0.15, 0.2) is 6.61 Å². The molecule has 178 valence electrons. The first kappa shape index (κ1) is 25.0. The van der Waals surface area contributed by atoms with Gasteiger partial charge >= 0.3 is 5.97 Å². The average Bonchev–Trinajstić information content (AvgIpc) is 2.80. The lowest BCUT2D eigenvalue weighted by molar-refractivity contribution is -0.137. The van der Waals surface area contributed by atoms with Crippen molar-refractivity contribution in [2.75, 3.05) is 26.3 Å². The van der Waals surface area contributed by atoms with E-state index < -0.39 is 5.97 Å². The zero-order valence-electron chi connectivity index (χ0n) is 19.7. The number of amides is 1. The summed E-state index contributed by atoms with van der Waals surface area (Å²) in [5, 5.41) is 4.78. The van der Waals surface area contributed by atoms with E-state index in [1.54, 1.807) is 0 Å². The van der Waals surface area contributed by atoms with Crippen LogP contribution in [0, 0.1) is 19.8 Å². The summed E-state index contributed by atoms with van der Waals surface area (Å²) in [6, 6.07) is 1.89. The number of hydrogen-bond donors (Lipinski definition) is 0. The van der Waals surface area contributed by atoms with Crippen LogP contribution in [0.15, 0.2) is 35.5 Å². The van der Waals surface area contributed by atoms with Crippen molar-refractivity contribution in [2.24, 2.45) is 11.1 Å². The Morgan fingerprint density at radius 3 is 2.73 bits per heavy atom. The molecule has 1 aromatic rings. The van der Waals surface area contributed by atoms with Gasteiger partial charge in [-0.3, -0.25) is 4.79 Å². The van der Waals surface area contributed by atoms with E-state index in [9.17, 15) is 9.59 Å². The lowest BCUT2D eigenvalue weighted by Gasteiger charge is -2.26. The minimum absolute atomic E-state index is 0.0554. The topological polar surface area (TPSA) is 68.2 Å². The van der Waals surface area contributed by atoms with Crippen LogP contribution >= 0.6 is 11.6 Å². The van der Waals surface area contributed by atoms with Gasteiger partial charge in [-0.2, -0.15) is 0 Å². The van der Waals surface area contributed by atoms with Crippen LogP contribution in [0.2, 0.25) is 5.02 Å². The van der Waals surface area contributed by atoms with E-state index in [4.69, 9.17) is 21.2 Å². The molecule has 0 saturated carbocycles. The Morgan fingerprint density at radius 2 is 1.97 bits per heavy atom. The number of rotatable bonds is 3. The summed E-state index contributed by atoms with van der Waals surface area (Å²) in [6.45, 7) is 7.52. The van der Waals surface area contributed by atoms with E-state index in [1.807, 2.05) is 49.1 Å². The third-order valence-corrected chi connectivity index (χ3v) is 6.50. The second-order valence-electron chi connectivity index (χ2n) is 8.79. The third-order valence-electron chi connectivity index (χ3n) is 5.97. The van der Waals surface area contributed by atoms with Crippen LogP contribution in [0.5, 0.6) is 0 Å². The number of benzene rings is 1. The van der Waals surface area contributed by atoms with Gasteiger partial charge in [0.2, 0.25) is 0 Å². The van der Waals surface area contributed by atoms with Gasteiger partial charge in [-0.05, 0) is 68.2 Å². The number of allylic oxidation sites excluding steroid dienone is 3. The Kier molecular flexibility index (Phi) is 9.12.